The summed E-state index contributed by atoms with van der Waals surface area (Å²) in [6.07, 6.45) is 0.993. The molecule has 1 unspecified atom stereocenters. The van der Waals surface area contributed by atoms with Crippen LogP contribution in [0, 0.1) is 0 Å². The van der Waals surface area contributed by atoms with Crippen molar-refractivity contribution in [1.82, 2.24) is 4.90 Å². The predicted molar refractivity (Wildman–Crippen MR) is 52.2 cm³/mol. The molecule has 1 aliphatic heterocycles. The summed E-state index contributed by atoms with van der Waals surface area (Å²) in [6, 6.07) is 0.0601. The molecule has 0 aromatic rings. The van der Waals surface area contributed by atoms with Crippen LogP contribution in [0.25, 0.3) is 0 Å². The third kappa shape index (κ3) is 4.03. The second kappa shape index (κ2) is 5.53. The molecular formula is C10H21F2N. The van der Waals surface area contributed by atoms with Crippen LogP contribution in [0.3, 0.4) is 0 Å². The average molecular weight is 193 g/mol. The number of likely N-dealkylation sites (tertiary alicyclic amines) is 1. The monoisotopic (exact) mass is 193 g/mol. The summed E-state index contributed by atoms with van der Waals surface area (Å²) < 4.78 is 25.5. The molecule has 0 aromatic heterocycles. The molecule has 1 aliphatic rings. The smallest absolute Gasteiger partial charge is 0.262 e. The van der Waals surface area contributed by atoms with E-state index in [0.717, 1.165) is 13.0 Å². The van der Waals surface area contributed by atoms with Gasteiger partial charge in [0.2, 0.25) is 0 Å². The van der Waals surface area contributed by atoms with Crippen LogP contribution in [0.15, 0.2) is 0 Å². The standard InChI is InChI=1S/C8H15F2N.C2H6/c1-3-4-11-6-8(9,10)5-7(11)2;1-2/h7H,3-6H2,1-2H3;1-2H3. The summed E-state index contributed by atoms with van der Waals surface area (Å²) in [6.45, 7) is 8.65. The topological polar surface area (TPSA) is 3.24 Å². The number of halogens is 2. The fourth-order valence-corrected chi connectivity index (χ4v) is 1.67. The van der Waals surface area contributed by atoms with Gasteiger partial charge in [-0.05, 0) is 19.9 Å². The van der Waals surface area contributed by atoms with E-state index in [1.807, 2.05) is 32.6 Å². The SMILES string of the molecule is CC.CCCN1CC(F)(F)CC1C. The molecule has 80 valence electrons. The predicted octanol–water partition coefficient (Wildman–Crippen LogP) is 3.15. The molecule has 0 spiro atoms. The van der Waals surface area contributed by atoms with E-state index in [-0.39, 0.29) is 19.0 Å². The van der Waals surface area contributed by atoms with Gasteiger partial charge in [-0.2, -0.15) is 0 Å². The van der Waals surface area contributed by atoms with Crippen molar-refractivity contribution in [2.75, 3.05) is 13.1 Å². The van der Waals surface area contributed by atoms with Crippen LogP contribution in [-0.2, 0) is 0 Å². The summed E-state index contributed by atoms with van der Waals surface area (Å²) in [5.74, 6) is -2.44. The zero-order chi connectivity index (χ0) is 10.5. The lowest BCUT2D eigenvalue weighted by atomic mass is 10.2. The van der Waals surface area contributed by atoms with Crippen LogP contribution < -0.4 is 0 Å². The second-order valence-electron chi connectivity index (χ2n) is 3.38. The van der Waals surface area contributed by atoms with E-state index in [2.05, 4.69) is 0 Å². The van der Waals surface area contributed by atoms with Gasteiger partial charge in [0.15, 0.2) is 0 Å². The van der Waals surface area contributed by atoms with Crippen molar-refractivity contribution in [3.63, 3.8) is 0 Å². The van der Waals surface area contributed by atoms with Gasteiger partial charge in [-0.15, -0.1) is 0 Å². The summed E-state index contributed by atoms with van der Waals surface area (Å²) >= 11 is 0. The normalized spacial score (nSPS) is 26.8. The third-order valence-electron chi connectivity index (χ3n) is 2.16. The van der Waals surface area contributed by atoms with Crippen LogP contribution in [0.1, 0.15) is 40.5 Å². The van der Waals surface area contributed by atoms with E-state index in [1.54, 1.807) is 0 Å². The van der Waals surface area contributed by atoms with Crippen molar-refractivity contribution < 1.29 is 8.78 Å². The van der Waals surface area contributed by atoms with Crippen molar-refractivity contribution >= 4 is 0 Å². The largest absolute Gasteiger partial charge is 0.295 e. The van der Waals surface area contributed by atoms with Gasteiger partial charge in [0.25, 0.3) is 5.92 Å². The molecule has 1 atom stereocenters. The fraction of sp³-hybridized carbons (Fsp3) is 1.00. The van der Waals surface area contributed by atoms with Crippen LogP contribution in [0.5, 0.6) is 0 Å². The molecule has 1 fully saturated rings. The Bertz CT molecular complexity index is 137. The Morgan fingerprint density at radius 2 is 1.92 bits per heavy atom. The van der Waals surface area contributed by atoms with E-state index >= 15 is 0 Å². The van der Waals surface area contributed by atoms with Crippen LogP contribution in [0.2, 0.25) is 0 Å². The molecule has 0 saturated carbocycles. The minimum Gasteiger partial charge on any atom is -0.295 e. The number of nitrogens with zero attached hydrogens (tertiary/aromatic N) is 1. The summed E-state index contributed by atoms with van der Waals surface area (Å²) in [7, 11) is 0. The van der Waals surface area contributed by atoms with Gasteiger partial charge in [-0.25, -0.2) is 8.78 Å². The van der Waals surface area contributed by atoms with Crippen molar-refractivity contribution in [3.8, 4) is 0 Å². The number of alkyl halides is 2. The molecule has 1 rings (SSSR count). The highest BCUT2D eigenvalue weighted by molar-refractivity contribution is 4.87. The van der Waals surface area contributed by atoms with Gasteiger partial charge in [0.05, 0.1) is 6.54 Å². The van der Waals surface area contributed by atoms with Crippen molar-refractivity contribution in [2.45, 2.75) is 52.5 Å². The molecule has 0 N–H and O–H groups in total. The Morgan fingerprint density at radius 1 is 1.38 bits per heavy atom. The average Bonchev–Trinajstić information content (AvgIpc) is 2.30. The molecule has 13 heavy (non-hydrogen) atoms. The molecule has 3 heteroatoms. The van der Waals surface area contributed by atoms with Crippen molar-refractivity contribution in [2.24, 2.45) is 0 Å². The Morgan fingerprint density at radius 3 is 2.23 bits per heavy atom. The highest BCUT2D eigenvalue weighted by Gasteiger charge is 2.42. The van der Waals surface area contributed by atoms with Crippen molar-refractivity contribution in [3.05, 3.63) is 0 Å². The number of rotatable bonds is 2. The fourth-order valence-electron chi connectivity index (χ4n) is 1.67. The zero-order valence-corrected chi connectivity index (χ0v) is 9.11. The van der Waals surface area contributed by atoms with Crippen molar-refractivity contribution in [1.29, 1.82) is 0 Å². The molecule has 1 heterocycles. The quantitative estimate of drug-likeness (QED) is 0.651. The second-order valence-corrected chi connectivity index (χ2v) is 3.38. The van der Waals surface area contributed by atoms with E-state index in [9.17, 15) is 8.78 Å². The zero-order valence-electron chi connectivity index (χ0n) is 9.11. The summed E-state index contributed by atoms with van der Waals surface area (Å²) in [5.41, 5.74) is 0. The number of hydrogen-bond acceptors (Lipinski definition) is 1. The van der Waals surface area contributed by atoms with Gasteiger partial charge < -0.3 is 0 Å². The first-order valence-corrected chi connectivity index (χ1v) is 5.17. The Balaban J connectivity index is 0.000000671. The first kappa shape index (κ1) is 12.8. The van der Waals surface area contributed by atoms with Crippen LogP contribution in [0.4, 0.5) is 8.78 Å². The van der Waals surface area contributed by atoms with E-state index < -0.39 is 5.92 Å². The molecule has 0 radical (unpaired) electrons. The Labute approximate surface area is 80.1 Å². The van der Waals surface area contributed by atoms with E-state index in [0.29, 0.717) is 0 Å². The molecule has 1 saturated heterocycles. The van der Waals surface area contributed by atoms with E-state index in [1.165, 1.54) is 0 Å². The van der Waals surface area contributed by atoms with Gasteiger partial charge in [0, 0.05) is 12.5 Å². The van der Waals surface area contributed by atoms with E-state index in [4.69, 9.17) is 0 Å². The van der Waals surface area contributed by atoms with Gasteiger partial charge in [0.1, 0.15) is 0 Å². The maximum atomic E-state index is 12.7. The van der Waals surface area contributed by atoms with Crippen LogP contribution >= 0.6 is 0 Å². The summed E-state index contributed by atoms with van der Waals surface area (Å²) in [5, 5.41) is 0. The highest BCUT2D eigenvalue weighted by atomic mass is 19.3. The Kier molecular flexibility index (Phi) is 5.45. The maximum absolute atomic E-state index is 12.7. The lowest BCUT2D eigenvalue weighted by molar-refractivity contribution is 0.0121. The van der Waals surface area contributed by atoms with Gasteiger partial charge in [-0.3, -0.25) is 4.90 Å². The van der Waals surface area contributed by atoms with Gasteiger partial charge >= 0.3 is 0 Å². The third-order valence-corrected chi connectivity index (χ3v) is 2.16. The van der Waals surface area contributed by atoms with Crippen LogP contribution in [-0.4, -0.2) is 30.0 Å². The minimum absolute atomic E-state index is 0.0347. The molecule has 1 nitrogen and oxygen atoms in total. The first-order chi connectivity index (χ1) is 6.05. The number of hydrogen-bond donors (Lipinski definition) is 0. The Hall–Kier alpha value is -0.180. The minimum atomic E-state index is -2.44. The molecule has 0 bridgehead atoms. The lowest BCUT2D eigenvalue weighted by Crippen LogP contribution is -2.29. The summed E-state index contributed by atoms with van der Waals surface area (Å²) in [4.78, 5) is 1.86. The molecule has 0 aliphatic carbocycles. The molecule has 0 aromatic carbocycles. The molecular weight excluding hydrogens is 172 g/mol. The lowest BCUT2D eigenvalue weighted by Gasteiger charge is -2.18. The molecule has 0 amide bonds. The van der Waals surface area contributed by atoms with Gasteiger partial charge in [-0.1, -0.05) is 20.8 Å². The highest BCUT2D eigenvalue weighted by Crippen LogP contribution is 2.31. The maximum Gasteiger partial charge on any atom is 0.262 e. The first-order valence-electron chi connectivity index (χ1n) is 5.17.